The van der Waals surface area contributed by atoms with E-state index in [4.69, 9.17) is 23.2 Å². The second-order valence-corrected chi connectivity index (χ2v) is 3.92. The van der Waals surface area contributed by atoms with Crippen molar-refractivity contribution in [3.63, 3.8) is 0 Å². The minimum atomic E-state index is 0.589. The molecule has 14 heavy (non-hydrogen) atoms. The molecule has 1 aromatic carbocycles. The van der Waals surface area contributed by atoms with Crippen LogP contribution in [-0.4, -0.2) is 9.97 Å². The molecule has 1 aromatic heterocycles. The zero-order valence-electron chi connectivity index (χ0n) is 7.64. The number of nitrogens with one attached hydrogen (secondary N) is 1. The fourth-order valence-electron chi connectivity index (χ4n) is 1.38. The Hall–Kier alpha value is -0.730. The molecule has 2 nitrogen and oxygen atoms in total. The largest absolute Gasteiger partial charge is 0.342 e. The second-order valence-electron chi connectivity index (χ2n) is 3.08. The Balaban J connectivity index is 2.58. The predicted octanol–water partition coefficient (Wildman–Crippen LogP) is 3.64. The lowest BCUT2D eigenvalue weighted by Gasteiger charge is -1.92. The summed E-state index contributed by atoms with van der Waals surface area (Å²) in [4.78, 5) is 7.53. The number of fused-ring (bicyclic) bond motifs is 1. The summed E-state index contributed by atoms with van der Waals surface area (Å²) in [5, 5.41) is 1.21. The second kappa shape index (κ2) is 3.79. The summed E-state index contributed by atoms with van der Waals surface area (Å²) >= 11 is 11.9. The number of nitrogens with zero attached hydrogens (tertiary/aromatic N) is 1. The molecule has 0 unspecified atom stereocenters. The molecule has 1 N–H and O–H groups in total. The van der Waals surface area contributed by atoms with Crippen molar-refractivity contribution in [2.24, 2.45) is 0 Å². The summed E-state index contributed by atoms with van der Waals surface area (Å²) in [6.07, 6.45) is 2.84. The first-order valence-electron chi connectivity index (χ1n) is 4.32. The lowest BCUT2D eigenvalue weighted by Crippen LogP contribution is -1.84. The predicted molar refractivity (Wildman–Crippen MR) is 59.8 cm³/mol. The monoisotopic (exact) mass is 227 g/mol. The molecule has 2 aromatic rings. The molecule has 1 heterocycles. The van der Waals surface area contributed by atoms with E-state index in [1.165, 1.54) is 0 Å². The third-order valence-electron chi connectivity index (χ3n) is 1.95. The third-order valence-corrected chi connectivity index (χ3v) is 2.46. The van der Waals surface area contributed by atoms with Gasteiger partial charge in [-0.1, -0.05) is 30.1 Å². The summed E-state index contributed by atoms with van der Waals surface area (Å²) in [6.45, 7) is 1.99. The average molecular weight is 228 g/mol. The van der Waals surface area contributed by atoms with Crippen molar-refractivity contribution < 1.29 is 0 Å². The smallest absolute Gasteiger partial charge is 0.107 e. The molecule has 0 fully saturated rings. The topological polar surface area (TPSA) is 28.7 Å². The Bertz CT molecular complexity index is 462. The van der Waals surface area contributed by atoms with E-state index in [2.05, 4.69) is 9.97 Å². The number of halogens is 2. The molecule has 0 aliphatic carbocycles. The summed E-state index contributed by atoms with van der Waals surface area (Å²) < 4.78 is 0. The standard InChI is InChI=1S/C10H9Cl2N2/c1-2-3-9-13-8-5-6(11)4-7(12)10(8)14-9/h2,4-5H,3H2,1H3,(H,13,14). The van der Waals surface area contributed by atoms with Crippen molar-refractivity contribution in [1.82, 2.24) is 9.97 Å². The van der Waals surface area contributed by atoms with Gasteiger partial charge in [0.15, 0.2) is 0 Å². The minimum absolute atomic E-state index is 0.589. The van der Waals surface area contributed by atoms with Crippen LogP contribution in [0.25, 0.3) is 11.0 Å². The van der Waals surface area contributed by atoms with Crippen LogP contribution in [0.4, 0.5) is 0 Å². The molecule has 0 atom stereocenters. The highest BCUT2D eigenvalue weighted by Crippen LogP contribution is 2.26. The van der Waals surface area contributed by atoms with Gasteiger partial charge in [0.05, 0.1) is 10.5 Å². The fraction of sp³-hybridized carbons (Fsp3) is 0.200. The van der Waals surface area contributed by atoms with Crippen LogP contribution in [0.15, 0.2) is 12.1 Å². The normalized spacial score (nSPS) is 11.1. The summed E-state index contributed by atoms with van der Waals surface area (Å²) in [5.41, 5.74) is 1.67. The number of hydrogen-bond acceptors (Lipinski definition) is 1. The molecule has 0 amide bonds. The van der Waals surface area contributed by atoms with Gasteiger partial charge in [-0.05, 0) is 18.6 Å². The van der Waals surface area contributed by atoms with E-state index in [-0.39, 0.29) is 0 Å². The minimum Gasteiger partial charge on any atom is -0.342 e. The van der Waals surface area contributed by atoms with Gasteiger partial charge in [0.1, 0.15) is 11.3 Å². The Morgan fingerprint density at radius 1 is 1.43 bits per heavy atom. The van der Waals surface area contributed by atoms with E-state index in [0.717, 1.165) is 23.3 Å². The highest BCUT2D eigenvalue weighted by atomic mass is 35.5. The van der Waals surface area contributed by atoms with Crippen LogP contribution >= 0.6 is 23.2 Å². The van der Waals surface area contributed by atoms with E-state index < -0.39 is 0 Å². The van der Waals surface area contributed by atoms with Crippen molar-refractivity contribution in [2.75, 3.05) is 0 Å². The Morgan fingerprint density at radius 2 is 2.21 bits per heavy atom. The van der Waals surface area contributed by atoms with E-state index in [9.17, 15) is 0 Å². The molecule has 0 saturated heterocycles. The number of rotatable bonds is 2. The fourth-order valence-corrected chi connectivity index (χ4v) is 1.92. The average Bonchev–Trinajstić information content (AvgIpc) is 2.48. The van der Waals surface area contributed by atoms with Gasteiger partial charge in [-0.2, -0.15) is 0 Å². The Morgan fingerprint density at radius 3 is 2.93 bits per heavy atom. The molecule has 1 radical (unpaired) electrons. The quantitative estimate of drug-likeness (QED) is 0.835. The molecule has 0 bridgehead atoms. The number of aromatic amines is 1. The molecule has 2 rings (SSSR count). The lowest BCUT2D eigenvalue weighted by molar-refractivity contribution is 1.01. The summed E-state index contributed by atoms with van der Waals surface area (Å²) in [5.74, 6) is 0.909. The van der Waals surface area contributed by atoms with Gasteiger partial charge < -0.3 is 4.98 Å². The first-order chi connectivity index (χ1) is 6.70. The summed E-state index contributed by atoms with van der Waals surface area (Å²) in [7, 11) is 0. The zero-order valence-corrected chi connectivity index (χ0v) is 9.15. The van der Waals surface area contributed by atoms with Crippen molar-refractivity contribution in [3.8, 4) is 0 Å². The van der Waals surface area contributed by atoms with Gasteiger partial charge in [-0.25, -0.2) is 4.98 Å². The lowest BCUT2D eigenvalue weighted by atomic mass is 10.3. The van der Waals surface area contributed by atoms with Crippen molar-refractivity contribution >= 4 is 34.2 Å². The third kappa shape index (κ3) is 1.72. The van der Waals surface area contributed by atoms with Crippen LogP contribution < -0.4 is 0 Å². The summed E-state index contributed by atoms with van der Waals surface area (Å²) in [6, 6.07) is 3.53. The van der Waals surface area contributed by atoms with Crippen LogP contribution in [0, 0.1) is 6.42 Å². The van der Waals surface area contributed by atoms with Gasteiger partial charge in [-0.3, -0.25) is 0 Å². The number of H-pyrrole nitrogens is 1. The van der Waals surface area contributed by atoms with Crippen LogP contribution in [-0.2, 0) is 6.42 Å². The Kier molecular flexibility index (Phi) is 2.66. The molecule has 0 aliphatic heterocycles. The van der Waals surface area contributed by atoms with Crippen molar-refractivity contribution in [1.29, 1.82) is 0 Å². The van der Waals surface area contributed by atoms with E-state index in [0.29, 0.717) is 10.0 Å². The molecule has 73 valence electrons. The maximum absolute atomic E-state index is 6.00. The van der Waals surface area contributed by atoms with Crippen LogP contribution in [0.2, 0.25) is 10.0 Å². The number of aromatic nitrogens is 2. The highest BCUT2D eigenvalue weighted by molar-refractivity contribution is 6.38. The van der Waals surface area contributed by atoms with Crippen LogP contribution in [0.1, 0.15) is 12.7 Å². The first-order valence-corrected chi connectivity index (χ1v) is 5.07. The highest BCUT2D eigenvalue weighted by Gasteiger charge is 2.06. The van der Waals surface area contributed by atoms with Crippen molar-refractivity contribution in [3.05, 3.63) is 34.4 Å². The maximum Gasteiger partial charge on any atom is 0.107 e. The molecular formula is C10H9Cl2N2. The van der Waals surface area contributed by atoms with Gasteiger partial charge in [0, 0.05) is 11.4 Å². The molecule has 0 saturated carbocycles. The van der Waals surface area contributed by atoms with E-state index in [1.807, 2.05) is 19.4 Å². The number of hydrogen-bond donors (Lipinski definition) is 1. The van der Waals surface area contributed by atoms with Crippen LogP contribution in [0.3, 0.4) is 0 Å². The van der Waals surface area contributed by atoms with E-state index >= 15 is 0 Å². The van der Waals surface area contributed by atoms with Gasteiger partial charge in [0.25, 0.3) is 0 Å². The van der Waals surface area contributed by atoms with Gasteiger partial charge in [-0.15, -0.1) is 0 Å². The molecule has 0 spiro atoms. The Labute approximate surface area is 92.2 Å². The van der Waals surface area contributed by atoms with Crippen LogP contribution in [0.5, 0.6) is 0 Å². The molecule has 0 aliphatic rings. The first kappa shape index (κ1) is 9.81. The maximum atomic E-state index is 6.00. The van der Waals surface area contributed by atoms with Gasteiger partial charge in [0.2, 0.25) is 0 Å². The van der Waals surface area contributed by atoms with E-state index in [1.54, 1.807) is 6.07 Å². The van der Waals surface area contributed by atoms with Gasteiger partial charge >= 0.3 is 0 Å². The number of benzene rings is 1. The zero-order chi connectivity index (χ0) is 10.1. The van der Waals surface area contributed by atoms with Crippen molar-refractivity contribution in [2.45, 2.75) is 13.3 Å². The number of imidazole rings is 1. The molecule has 4 heteroatoms. The molecular weight excluding hydrogens is 219 g/mol. The SMILES string of the molecule is C[CH]Cc1nc2c(Cl)cc(Cl)cc2[nH]1.